The first-order chi connectivity index (χ1) is 28.7. The van der Waals surface area contributed by atoms with E-state index in [0.29, 0.717) is 24.5 Å². The van der Waals surface area contributed by atoms with Crippen LogP contribution in [-0.2, 0) is 14.3 Å². The molecule has 9 atom stereocenters. The summed E-state index contributed by atoms with van der Waals surface area (Å²) in [4.78, 5) is 52.1. The standard InChI is InChI=1S/C45H54N4O12/c1-19-12-11-13-20(2)44(57)47-33-39(55)29-28(32-41(33)60-42-31(46-32)26(50)18-25-34(42)49(9)16-15-48(25)8)30-40(24(6)38(29)54)61-45(7,43(30)56)59-17-14-27(58-10)21(3)36(52)23(5)37(53)22(4)35(19)51/h11-14,17-19,21-23,27,35-37,50-54H,15-16H2,1-10H3,(H,47,57)/b12-11+,17-14+,20-13-/t19-,21+,22+,23-,27-,35-,36+,37+,45-/m0/s1. The molecule has 0 spiro atoms. The highest BCUT2D eigenvalue weighted by Gasteiger charge is 2.50. The van der Waals surface area contributed by atoms with Crippen molar-refractivity contribution in [2.45, 2.75) is 78.7 Å². The van der Waals surface area contributed by atoms with E-state index < -0.39 is 76.7 Å². The Kier molecular flexibility index (Phi) is 11.4. The molecule has 0 aromatic heterocycles. The number of aromatic hydroxyl groups is 2. The van der Waals surface area contributed by atoms with E-state index in [2.05, 4.69) is 5.32 Å². The Morgan fingerprint density at radius 3 is 2.26 bits per heavy atom. The minimum absolute atomic E-state index is 0.00324. The number of nitrogens with one attached hydrogen (secondary N) is 1. The number of aromatic nitrogens is 1. The van der Waals surface area contributed by atoms with Crippen molar-refractivity contribution in [2.75, 3.05) is 49.4 Å². The second-order valence-corrected chi connectivity index (χ2v) is 16.9. The molecule has 16 heteroatoms. The van der Waals surface area contributed by atoms with Crippen LogP contribution in [0.25, 0.3) is 33.3 Å². The van der Waals surface area contributed by atoms with E-state index >= 15 is 0 Å². The number of nitrogens with zero attached hydrogens (tertiary/aromatic N) is 3. The van der Waals surface area contributed by atoms with Crippen LogP contribution in [0.5, 0.6) is 17.2 Å². The molecule has 6 N–H and O–H groups in total. The fourth-order valence-electron chi connectivity index (χ4n) is 8.72. The van der Waals surface area contributed by atoms with Gasteiger partial charge in [0.05, 0.1) is 47.3 Å². The average molecular weight is 843 g/mol. The van der Waals surface area contributed by atoms with Gasteiger partial charge in [0.25, 0.3) is 11.7 Å². The lowest BCUT2D eigenvalue weighted by molar-refractivity contribution is -0.112. The third kappa shape index (κ3) is 7.04. The number of aliphatic hydroxyl groups is 3. The number of ketones is 1. The van der Waals surface area contributed by atoms with Crippen LogP contribution < -0.4 is 25.3 Å². The van der Waals surface area contributed by atoms with Crippen LogP contribution in [0.15, 0.2) is 51.4 Å². The first-order valence-electron chi connectivity index (χ1n) is 20.3. The summed E-state index contributed by atoms with van der Waals surface area (Å²) in [6, 6.07) is 1.55. The molecular weight excluding hydrogens is 789 g/mol. The van der Waals surface area contributed by atoms with Gasteiger partial charge in [0.2, 0.25) is 5.43 Å². The summed E-state index contributed by atoms with van der Waals surface area (Å²) < 4.78 is 24.5. The van der Waals surface area contributed by atoms with E-state index in [1.807, 2.05) is 23.9 Å². The average Bonchev–Trinajstić information content (AvgIpc) is 3.50. The van der Waals surface area contributed by atoms with E-state index in [9.17, 15) is 39.9 Å². The maximum absolute atomic E-state index is 14.8. The molecule has 16 nitrogen and oxygen atoms in total. The van der Waals surface area contributed by atoms with E-state index in [4.69, 9.17) is 23.6 Å². The number of carbonyl (C=O) groups is 2. The Balaban J connectivity index is 1.50. The van der Waals surface area contributed by atoms with Gasteiger partial charge in [-0.2, -0.15) is 0 Å². The van der Waals surface area contributed by atoms with Crippen LogP contribution in [0.1, 0.15) is 57.5 Å². The zero-order chi connectivity index (χ0) is 44.6. The molecule has 1 amide bonds. The number of fused-ring (bicyclic) bond motifs is 4. The van der Waals surface area contributed by atoms with E-state index in [-0.39, 0.29) is 67.2 Å². The van der Waals surface area contributed by atoms with Crippen molar-refractivity contribution in [2.24, 2.45) is 23.7 Å². The molecule has 0 saturated carbocycles. The van der Waals surface area contributed by atoms with Gasteiger partial charge in [0.1, 0.15) is 34.3 Å². The number of aliphatic hydroxyl groups excluding tert-OH is 3. The summed E-state index contributed by atoms with van der Waals surface area (Å²) in [5.41, 5.74) is -0.0393. The molecule has 4 bridgehead atoms. The van der Waals surface area contributed by atoms with Crippen LogP contribution in [0.4, 0.5) is 17.1 Å². The monoisotopic (exact) mass is 842 g/mol. The third-order valence-electron chi connectivity index (χ3n) is 12.9. The quantitative estimate of drug-likeness (QED) is 0.110. The first kappa shape index (κ1) is 43.4. The predicted molar refractivity (Wildman–Crippen MR) is 230 cm³/mol. The SMILES string of the molecule is CO[C@H]1/C=C/O[C@@]2(C)Oc3c(C)c(O)c4c(=O)c(c5oc6c7c(cc(O)c6nc-5c4c3C2=O)N(C)CCN7C)NC(=O)/C(C)=C\C=C\[C@H](C)[C@H](O)[C@@H](C)[C@@H](O)[C@@H](C)[C@H](O)[C@@H]1C. The van der Waals surface area contributed by atoms with Crippen LogP contribution in [0.2, 0.25) is 0 Å². The van der Waals surface area contributed by atoms with Gasteiger partial charge in [-0.1, -0.05) is 45.9 Å². The van der Waals surface area contributed by atoms with E-state index in [0.717, 1.165) is 0 Å². The molecule has 4 aliphatic heterocycles. The molecular formula is C45H54N4O12. The summed E-state index contributed by atoms with van der Waals surface area (Å²) in [5, 5.41) is 59.4. The number of likely N-dealkylation sites (N-methyl/N-ethyl adjacent to an activating group) is 2. The highest BCUT2D eigenvalue weighted by Crippen LogP contribution is 2.52. The van der Waals surface area contributed by atoms with Crippen LogP contribution in [0, 0.1) is 30.6 Å². The number of phenols is 2. The fraction of sp³-hybridized carbons (Fsp3) is 0.467. The third-order valence-corrected chi connectivity index (χ3v) is 12.9. The van der Waals surface area contributed by atoms with E-state index in [1.54, 1.807) is 45.9 Å². The number of hydrogen-bond acceptors (Lipinski definition) is 15. The number of allylic oxidation sites excluding steroid dienone is 2. The van der Waals surface area contributed by atoms with Gasteiger partial charge in [0, 0.05) is 87.5 Å². The first-order valence-corrected chi connectivity index (χ1v) is 20.3. The van der Waals surface area contributed by atoms with Gasteiger partial charge >= 0.3 is 5.79 Å². The summed E-state index contributed by atoms with van der Waals surface area (Å²) in [5.74, 6) is -7.11. The maximum Gasteiger partial charge on any atom is 0.312 e. The highest BCUT2D eigenvalue weighted by molar-refractivity contribution is 6.22. The predicted octanol–water partition coefficient (Wildman–Crippen LogP) is 4.97. The number of Topliss-reactive ketones (excluding diaryl/α,β-unsaturated/α-hetero) is 1. The lowest BCUT2D eigenvalue weighted by Gasteiger charge is -2.36. The van der Waals surface area contributed by atoms with Crippen molar-refractivity contribution in [1.29, 1.82) is 0 Å². The number of anilines is 3. The van der Waals surface area contributed by atoms with Gasteiger partial charge in [-0.3, -0.25) is 14.4 Å². The second-order valence-electron chi connectivity index (χ2n) is 16.9. The lowest BCUT2D eigenvalue weighted by Crippen LogP contribution is -2.44. The molecule has 0 unspecified atom stereocenters. The Morgan fingerprint density at radius 2 is 1.57 bits per heavy atom. The summed E-state index contributed by atoms with van der Waals surface area (Å²) in [7, 11) is 5.14. The van der Waals surface area contributed by atoms with Gasteiger partial charge < -0.3 is 59.3 Å². The number of ether oxygens (including phenoxy) is 3. The van der Waals surface area contributed by atoms with E-state index in [1.165, 1.54) is 46.3 Å². The van der Waals surface area contributed by atoms with Gasteiger partial charge in [-0.05, 0) is 19.9 Å². The lowest BCUT2D eigenvalue weighted by atomic mass is 9.78. The molecule has 0 saturated heterocycles. The minimum atomic E-state index is -2.05. The minimum Gasteiger partial charge on any atom is -0.507 e. The van der Waals surface area contributed by atoms with Crippen molar-refractivity contribution >= 4 is 50.6 Å². The molecule has 2 aromatic carbocycles. The number of carbonyl (C=O) groups excluding carboxylic acids is 2. The van der Waals surface area contributed by atoms with Crippen molar-refractivity contribution in [3.63, 3.8) is 0 Å². The number of hydrogen-bond donors (Lipinski definition) is 6. The summed E-state index contributed by atoms with van der Waals surface area (Å²) in [6.07, 6.45) is 3.39. The Hall–Kier alpha value is -5.68. The molecule has 7 rings (SSSR count). The van der Waals surface area contributed by atoms with Gasteiger partial charge in [-0.25, -0.2) is 4.98 Å². The molecule has 61 heavy (non-hydrogen) atoms. The molecule has 1 aliphatic carbocycles. The fourth-order valence-corrected chi connectivity index (χ4v) is 8.72. The van der Waals surface area contributed by atoms with Crippen molar-refractivity contribution in [3.05, 3.63) is 63.6 Å². The van der Waals surface area contributed by atoms with Crippen molar-refractivity contribution in [3.8, 4) is 28.7 Å². The van der Waals surface area contributed by atoms with Crippen molar-refractivity contribution in [1.82, 2.24) is 4.98 Å². The molecule has 5 aliphatic rings. The molecule has 0 fully saturated rings. The molecule has 4 heterocycles. The Bertz CT molecular complexity index is 2560. The number of benzene rings is 3. The number of methoxy groups -OCH3 is 1. The van der Waals surface area contributed by atoms with Crippen molar-refractivity contribution < 1.29 is 53.7 Å². The molecule has 0 radical (unpaired) electrons. The smallest absolute Gasteiger partial charge is 0.312 e. The summed E-state index contributed by atoms with van der Waals surface area (Å²) >= 11 is 0. The van der Waals surface area contributed by atoms with Crippen LogP contribution >= 0.6 is 0 Å². The zero-order valence-electron chi connectivity index (χ0n) is 35.9. The Labute approximate surface area is 352 Å². The number of phenolic OH excluding ortho intramolecular Hbond substituents is 2. The van der Waals surface area contributed by atoms with Crippen LogP contribution in [0.3, 0.4) is 0 Å². The molecule has 326 valence electrons. The van der Waals surface area contributed by atoms with Gasteiger partial charge in [0.15, 0.2) is 16.9 Å². The maximum atomic E-state index is 14.8. The summed E-state index contributed by atoms with van der Waals surface area (Å²) in [6.45, 7) is 12.4. The number of rotatable bonds is 1. The van der Waals surface area contributed by atoms with Crippen LogP contribution in [-0.4, -0.2) is 107 Å². The Morgan fingerprint density at radius 1 is 0.918 bits per heavy atom. The largest absolute Gasteiger partial charge is 0.507 e. The number of amides is 1. The second kappa shape index (κ2) is 16.0. The highest BCUT2D eigenvalue weighted by atomic mass is 16.7. The zero-order valence-corrected chi connectivity index (χ0v) is 35.9. The van der Waals surface area contributed by atoms with Gasteiger partial charge in [-0.15, -0.1) is 0 Å². The molecule has 2 aromatic rings. The normalized spacial score (nSPS) is 30.9. The topological polar surface area (TPSA) is 225 Å².